The summed E-state index contributed by atoms with van der Waals surface area (Å²) in [6.07, 6.45) is 2.30. The summed E-state index contributed by atoms with van der Waals surface area (Å²) in [6.45, 7) is 5.71. The zero-order valence-corrected chi connectivity index (χ0v) is 13.2. The Kier molecular flexibility index (Phi) is 3.36. The van der Waals surface area contributed by atoms with E-state index in [0.29, 0.717) is 22.5 Å². The lowest BCUT2D eigenvalue weighted by Gasteiger charge is -2.19. The Hall–Kier alpha value is -1.69. The van der Waals surface area contributed by atoms with Crippen LogP contribution in [0.25, 0.3) is 10.2 Å². The lowest BCUT2D eigenvalue weighted by molar-refractivity contribution is -0.139. The fourth-order valence-electron chi connectivity index (χ4n) is 3.25. The molecule has 6 heteroatoms. The van der Waals surface area contributed by atoms with Gasteiger partial charge in [-0.15, -0.1) is 11.3 Å². The van der Waals surface area contributed by atoms with E-state index in [1.807, 2.05) is 20.8 Å². The van der Waals surface area contributed by atoms with Crippen molar-refractivity contribution in [2.75, 3.05) is 0 Å². The van der Waals surface area contributed by atoms with Crippen molar-refractivity contribution in [3.63, 3.8) is 0 Å². The number of aliphatic carboxylic acids is 1. The first-order chi connectivity index (χ1) is 9.91. The highest BCUT2D eigenvalue weighted by molar-refractivity contribution is 7.18. The molecule has 5 nitrogen and oxygen atoms in total. The third-order valence-electron chi connectivity index (χ3n) is 4.11. The monoisotopic (exact) mass is 306 g/mol. The van der Waals surface area contributed by atoms with E-state index in [1.54, 1.807) is 4.57 Å². The van der Waals surface area contributed by atoms with Gasteiger partial charge in [-0.05, 0) is 45.6 Å². The van der Waals surface area contributed by atoms with Crippen LogP contribution in [0.3, 0.4) is 0 Å². The normalized spacial score (nSPS) is 18.2. The fourth-order valence-corrected chi connectivity index (χ4v) is 4.56. The van der Waals surface area contributed by atoms with Crippen molar-refractivity contribution in [2.24, 2.45) is 0 Å². The number of carboxylic acid groups (broad SMARTS) is 1. The second-order valence-corrected chi connectivity index (χ2v) is 6.91. The molecule has 2 aromatic rings. The summed E-state index contributed by atoms with van der Waals surface area (Å²) in [4.78, 5) is 30.6. The van der Waals surface area contributed by atoms with E-state index < -0.39 is 11.9 Å². The molecule has 0 bridgehead atoms. The van der Waals surface area contributed by atoms with Crippen LogP contribution < -0.4 is 5.56 Å². The van der Waals surface area contributed by atoms with Gasteiger partial charge in [-0.2, -0.15) is 0 Å². The topological polar surface area (TPSA) is 72.2 Å². The number of aryl methyl sites for hydroxylation is 2. The van der Waals surface area contributed by atoms with Crippen molar-refractivity contribution >= 4 is 27.5 Å². The van der Waals surface area contributed by atoms with Crippen molar-refractivity contribution in [3.8, 4) is 0 Å². The maximum atomic E-state index is 12.8. The minimum atomic E-state index is -0.841. The Morgan fingerprint density at radius 2 is 2.19 bits per heavy atom. The van der Waals surface area contributed by atoms with Crippen LogP contribution >= 0.6 is 11.3 Å². The highest BCUT2D eigenvalue weighted by Gasteiger charge is 2.32. The van der Waals surface area contributed by atoms with Gasteiger partial charge in [-0.25, -0.2) is 4.98 Å². The summed E-state index contributed by atoms with van der Waals surface area (Å²) in [7, 11) is 0. The predicted octanol–water partition coefficient (Wildman–Crippen LogP) is 2.85. The van der Waals surface area contributed by atoms with Crippen LogP contribution in [0.15, 0.2) is 4.79 Å². The van der Waals surface area contributed by atoms with Crippen LogP contribution in [0.2, 0.25) is 0 Å². The molecule has 21 heavy (non-hydrogen) atoms. The number of fused-ring (bicyclic) bond motifs is 3. The second kappa shape index (κ2) is 4.94. The van der Waals surface area contributed by atoms with Gasteiger partial charge in [0, 0.05) is 10.9 Å². The molecule has 0 aromatic carbocycles. The Labute approximate surface area is 126 Å². The van der Waals surface area contributed by atoms with Gasteiger partial charge in [0.05, 0.1) is 11.3 Å². The first-order valence-corrected chi connectivity index (χ1v) is 8.00. The molecule has 1 aliphatic carbocycles. The van der Waals surface area contributed by atoms with Gasteiger partial charge in [0.25, 0.3) is 5.56 Å². The van der Waals surface area contributed by atoms with Crippen molar-refractivity contribution in [1.82, 2.24) is 9.55 Å². The maximum absolute atomic E-state index is 12.8. The fraction of sp³-hybridized carbons (Fsp3) is 0.533. The summed E-state index contributed by atoms with van der Waals surface area (Å²) in [5.74, 6) is -0.722. The Bertz CT molecular complexity index is 788. The zero-order valence-electron chi connectivity index (χ0n) is 12.3. The molecule has 0 fully saturated rings. The molecule has 2 heterocycles. The molecular weight excluding hydrogens is 288 g/mol. The molecule has 0 saturated carbocycles. The maximum Gasteiger partial charge on any atom is 0.311 e. The van der Waals surface area contributed by atoms with E-state index in [4.69, 9.17) is 0 Å². The van der Waals surface area contributed by atoms with Crippen molar-refractivity contribution in [1.29, 1.82) is 0 Å². The first kappa shape index (κ1) is 14.3. The van der Waals surface area contributed by atoms with E-state index in [1.165, 1.54) is 11.3 Å². The molecule has 112 valence electrons. The van der Waals surface area contributed by atoms with Crippen molar-refractivity contribution in [3.05, 3.63) is 26.6 Å². The van der Waals surface area contributed by atoms with Gasteiger partial charge in [-0.1, -0.05) is 0 Å². The zero-order chi connectivity index (χ0) is 15.3. The second-order valence-electron chi connectivity index (χ2n) is 5.83. The molecular formula is C15H18N2O3S. The first-order valence-electron chi connectivity index (χ1n) is 7.19. The minimum Gasteiger partial charge on any atom is -0.481 e. The third kappa shape index (κ3) is 2.09. The van der Waals surface area contributed by atoms with Crippen LogP contribution in [-0.4, -0.2) is 20.6 Å². The van der Waals surface area contributed by atoms with Crippen LogP contribution in [0.1, 0.15) is 54.9 Å². The summed E-state index contributed by atoms with van der Waals surface area (Å²) in [5, 5.41) is 9.99. The largest absolute Gasteiger partial charge is 0.481 e. The van der Waals surface area contributed by atoms with Gasteiger partial charge in [0.2, 0.25) is 0 Å². The molecule has 0 spiro atoms. The number of rotatable bonds is 2. The van der Waals surface area contributed by atoms with Gasteiger partial charge >= 0.3 is 5.97 Å². The highest BCUT2D eigenvalue weighted by Crippen LogP contribution is 2.40. The average molecular weight is 306 g/mol. The summed E-state index contributed by atoms with van der Waals surface area (Å²) < 4.78 is 1.66. The van der Waals surface area contributed by atoms with E-state index in [2.05, 4.69) is 4.98 Å². The Balaban J connectivity index is 2.40. The van der Waals surface area contributed by atoms with Gasteiger partial charge in [-0.3, -0.25) is 14.2 Å². The standard InChI is InChI=1S/C15H18N2O3S/c1-7(2)17-8(3)16-13-12(14(17)18)11-9(15(19)20)5-4-6-10(11)21-13/h7,9H,4-6H2,1-3H3,(H,19,20). The number of aromatic nitrogens is 2. The SMILES string of the molecule is Cc1nc2sc3c(c2c(=O)n1C(C)C)C(C(=O)O)CCC3. The predicted molar refractivity (Wildman–Crippen MR) is 82.3 cm³/mol. The Morgan fingerprint density at radius 3 is 2.81 bits per heavy atom. The molecule has 0 aliphatic heterocycles. The van der Waals surface area contributed by atoms with Crippen LogP contribution in [0.4, 0.5) is 0 Å². The molecule has 0 amide bonds. The number of carboxylic acids is 1. The molecule has 2 aromatic heterocycles. The molecule has 1 aliphatic rings. The lowest BCUT2D eigenvalue weighted by atomic mass is 9.86. The summed E-state index contributed by atoms with van der Waals surface area (Å²) >= 11 is 1.48. The van der Waals surface area contributed by atoms with E-state index >= 15 is 0 Å². The van der Waals surface area contributed by atoms with Gasteiger partial charge in [0.15, 0.2) is 0 Å². The highest BCUT2D eigenvalue weighted by atomic mass is 32.1. The number of carbonyl (C=O) groups is 1. The molecule has 1 atom stereocenters. The molecule has 1 unspecified atom stereocenters. The van der Waals surface area contributed by atoms with Gasteiger partial charge < -0.3 is 5.11 Å². The van der Waals surface area contributed by atoms with E-state index in [0.717, 1.165) is 23.3 Å². The minimum absolute atomic E-state index is 0.0109. The Morgan fingerprint density at radius 1 is 1.48 bits per heavy atom. The third-order valence-corrected chi connectivity index (χ3v) is 5.27. The smallest absolute Gasteiger partial charge is 0.311 e. The molecule has 0 saturated heterocycles. The van der Waals surface area contributed by atoms with Crippen molar-refractivity contribution in [2.45, 2.75) is 52.0 Å². The number of thiophene rings is 1. The number of nitrogens with zero attached hydrogens (tertiary/aromatic N) is 2. The average Bonchev–Trinajstić information content (AvgIpc) is 2.75. The number of hydrogen-bond donors (Lipinski definition) is 1. The van der Waals surface area contributed by atoms with E-state index in [-0.39, 0.29) is 11.6 Å². The summed E-state index contributed by atoms with van der Waals surface area (Å²) in [6, 6.07) is 0.0109. The quantitative estimate of drug-likeness (QED) is 0.926. The van der Waals surface area contributed by atoms with Crippen LogP contribution in [-0.2, 0) is 11.2 Å². The van der Waals surface area contributed by atoms with Crippen LogP contribution in [0.5, 0.6) is 0 Å². The molecule has 0 radical (unpaired) electrons. The summed E-state index contributed by atoms with van der Waals surface area (Å²) in [5.41, 5.74) is 0.624. The van der Waals surface area contributed by atoms with Crippen molar-refractivity contribution < 1.29 is 9.90 Å². The number of hydrogen-bond acceptors (Lipinski definition) is 4. The van der Waals surface area contributed by atoms with Crippen LogP contribution in [0, 0.1) is 6.92 Å². The molecule has 3 rings (SSSR count). The van der Waals surface area contributed by atoms with Gasteiger partial charge in [0.1, 0.15) is 10.7 Å². The molecule has 1 N–H and O–H groups in total. The lowest BCUT2D eigenvalue weighted by Crippen LogP contribution is -2.27. The van der Waals surface area contributed by atoms with E-state index in [9.17, 15) is 14.7 Å².